The lowest BCUT2D eigenvalue weighted by Crippen LogP contribution is -2.51. The van der Waals surface area contributed by atoms with Crippen molar-refractivity contribution in [3.63, 3.8) is 0 Å². The summed E-state index contributed by atoms with van der Waals surface area (Å²) in [5, 5.41) is 0.0142. The lowest BCUT2D eigenvalue weighted by molar-refractivity contribution is -0.136. The van der Waals surface area contributed by atoms with Gasteiger partial charge in [0.1, 0.15) is 0 Å². The van der Waals surface area contributed by atoms with Crippen LogP contribution in [0.5, 0.6) is 0 Å². The molecule has 41 heavy (non-hydrogen) atoms. The van der Waals surface area contributed by atoms with Gasteiger partial charge in [0.2, 0.25) is 10.0 Å². The number of para-hydroxylation sites is 1. The van der Waals surface area contributed by atoms with Gasteiger partial charge in [-0.3, -0.25) is 9.59 Å². The number of anilines is 1. The van der Waals surface area contributed by atoms with Crippen LogP contribution in [0.2, 0.25) is 5.02 Å². The van der Waals surface area contributed by atoms with Gasteiger partial charge in [-0.1, -0.05) is 29.8 Å². The predicted octanol–water partition coefficient (Wildman–Crippen LogP) is 2.59. The smallest absolute Gasteiger partial charge is 0.340 e. The van der Waals surface area contributed by atoms with E-state index in [2.05, 4.69) is 4.90 Å². The molecule has 0 radical (unpaired) electrons. The number of benzene rings is 2. The minimum atomic E-state index is -3.89. The largest absolute Gasteiger partial charge is 0.459 e. The summed E-state index contributed by atoms with van der Waals surface area (Å²) in [5.74, 6) is -1.36. The van der Waals surface area contributed by atoms with Crippen molar-refractivity contribution in [3.05, 3.63) is 83.3 Å². The van der Waals surface area contributed by atoms with E-state index in [0.717, 1.165) is 5.69 Å². The van der Waals surface area contributed by atoms with E-state index < -0.39 is 28.5 Å². The van der Waals surface area contributed by atoms with Crippen molar-refractivity contribution in [3.8, 4) is 0 Å². The first-order chi connectivity index (χ1) is 19.7. The highest BCUT2D eigenvalue weighted by Gasteiger charge is 2.31. The molecule has 11 nitrogen and oxygen atoms in total. The third-order valence-corrected chi connectivity index (χ3v) is 9.36. The molecule has 2 fully saturated rings. The summed E-state index contributed by atoms with van der Waals surface area (Å²) in [6.45, 7) is 2.25. The number of ether oxygens (including phenoxy) is 1. The minimum absolute atomic E-state index is 0.0142. The Bertz CT molecular complexity index is 1500. The van der Waals surface area contributed by atoms with E-state index in [4.69, 9.17) is 20.8 Å². The first-order valence-corrected chi connectivity index (χ1v) is 14.9. The van der Waals surface area contributed by atoms with Gasteiger partial charge in [-0.05, 0) is 42.5 Å². The third kappa shape index (κ3) is 6.39. The normalized spacial score (nSPS) is 16.5. The summed E-state index contributed by atoms with van der Waals surface area (Å²) in [5.41, 5.74) is 0.886. The summed E-state index contributed by atoms with van der Waals surface area (Å²) in [7, 11) is -3.89. The molecule has 2 amide bonds. The average Bonchev–Trinajstić information content (AvgIpc) is 3.55. The summed E-state index contributed by atoms with van der Waals surface area (Å²) >= 11 is 6.21. The maximum Gasteiger partial charge on any atom is 0.340 e. The van der Waals surface area contributed by atoms with Crippen LogP contribution >= 0.6 is 11.6 Å². The fraction of sp³-hybridized carbons (Fsp3) is 0.321. The van der Waals surface area contributed by atoms with Gasteiger partial charge in [-0.2, -0.15) is 4.31 Å². The van der Waals surface area contributed by atoms with Crippen LogP contribution in [-0.4, -0.2) is 99.3 Å². The number of carbonyl (C=O) groups is 3. The molecule has 3 heterocycles. The lowest BCUT2D eigenvalue weighted by Gasteiger charge is -2.35. The van der Waals surface area contributed by atoms with E-state index in [-0.39, 0.29) is 53.3 Å². The molecule has 2 saturated heterocycles. The number of esters is 1. The molecule has 2 aromatic carbocycles. The molecule has 0 aliphatic carbocycles. The number of rotatable bonds is 7. The predicted molar refractivity (Wildman–Crippen MR) is 150 cm³/mol. The van der Waals surface area contributed by atoms with Crippen molar-refractivity contribution in [1.82, 2.24) is 14.1 Å². The summed E-state index contributed by atoms with van der Waals surface area (Å²) in [6.07, 6.45) is 1.42. The molecule has 2 aliphatic rings. The van der Waals surface area contributed by atoms with E-state index in [1.165, 1.54) is 33.7 Å². The number of halogens is 1. The highest BCUT2D eigenvalue weighted by atomic mass is 35.5. The highest BCUT2D eigenvalue weighted by Crippen LogP contribution is 2.25. The monoisotopic (exact) mass is 600 g/mol. The summed E-state index contributed by atoms with van der Waals surface area (Å²) < 4.78 is 38.4. The average molecular weight is 601 g/mol. The van der Waals surface area contributed by atoms with Gasteiger partial charge in [0.05, 0.1) is 21.7 Å². The van der Waals surface area contributed by atoms with Crippen LogP contribution in [0.25, 0.3) is 0 Å². The molecular formula is C28H29ClN4O7S. The van der Waals surface area contributed by atoms with Gasteiger partial charge in [0.15, 0.2) is 12.4 Å². The second-order valence-electron chi connectivity index (χ2n) is 9.59. The standard InChI is InChI=1S/C28H29ClN4O7S/c29-24-9-8-22(41(37,38)33-16-14-30(15-17-33)21-5-2-1-3-6-21)19-23(24)28(36)40-20-26(34)31-10-12-32(13-11-31)27(35)25-7-4-18-39-25/h1-9,18-19H,10-17,20H2. The Morgan fingerprint density at radius 2 is 1.51 bits per heavy atom. The summed E-state index contributed by atoms with van der Waals surface area (Å²) in [4.78, 5) is 43.0. The van der Waals surface area contributed by atoms with Crippen molar-refractivity contribution in [2.24, 2.45) is 0 Å². The topological polar surface area (TPSA) is 121 Å². The van der Waals surface area contributed by atoms with E-state index in [1.54, 1.807) is 17.0 Å². The molecule has 216 valence electrons. The van der Waals surface area contributed by atoms with Gasteiger partial charge >= 0.3 is 5.97 Å². The second kappa shape index (κ2) is 12.3. The van der Waals surface area contributed by atoms with Crippen LogP contribution < -0.4 is 4.90 Å². The SMILES string of the molecule is O=C(OCC(=O)N1CCN(C(=O)c2ccco2)CC1)c1cc(S(=O)(=O)N2CCN(c3ccccc3)CC2)ccc1Cl. The van der Waals surface area contributed by atoms with Crippen molar-refractivity contribution >= 4 is 45.1 Å². The molecule has 0 atom stereocenters. The van der Waals surface area contributed by atoms with E-state index in [1.807, 2.05) is 30.3 Å². The number of furan rings is 1. The number of carbonyl (C=O) groups excluding carboxylic acids is 3. The molecular weight excluding hydrogens is 572 g/mol. The number of amides is 2. The maximum absolute atomic E-state index is 13.4. The Morgan fingerprint density at radius 1 is 0.829 bits per heavy atom. The number of hydrogen-bond acceptors (Lipinski definition) is 8. The fourth-order valence-electron chi connectivity index (χ4n) is 4.81. The highest BCUT2D eigenvalue weighted by molar-refractivity contribution is 7.89. The van der Waals surface area contributed by atoms with E-state index >= 15 is 0 Å². The van der Waals surface area contributed by atoms with Crippen LogP contribution in [0.3, 0.4) is 0 Å². The fourth-order valence-corrected chi connectivity index (χ4v) is 6.45. The molecule has 2 aliphatic heterocycles. The van der Waals surface area contributed by atoms with Crippen molar-refractivity contribution in [2.45, 2.75) is 4.90 Å². The molecule has 0 unspecified atom stereocenters. The molecule has 0 saturated carbocycles. The van der Waals surface area contributed by atoms with Gasteiger partial charge in [-0.25, -0.2) is 13.2 Å². The first kappa shape index (κ1) is 28.7. The zero-order valence-electron chi connectivity index (χ0n) is 22.1. The zero-order valence-corrected chi connectivity index (χ0v) is 23.7. The number of piperazine rings is 2. The molecule has 0 N–H and O–H groups in total. The van der Waals surface area contributed by atoms with Crippen molar-refractivity contribution < 1.29 is 32.0 Å². The quantitative estimate of drug-likeness (QED) is 0.380. The Labute approximate surface area is 242 Å². The van der Waals surface area contributed by atoms with Crippen molar-refractivity contribution in [1.29, 1.82) is 0 Å². The molecule has 0 spiro atoms. The maximum atomic E-state index is 13.4. The number of sulfonamides is 1. The molecule has 5 rings (SSSR count). The van der Waals surface area contributed by atoms with Gasteiger partial charge < -0.3 is 23.9 Å². The van der Waals surface area contributed by atoms with Gasteiger partial charge in [-0.15, -0.1) is 0 Å². The Balaban J connectivity index is 1.16. The molecule has 1 aromatic heterocycles. The van der Waals surface area contributed by atoms with E-state index in [9.17, 15) is 22.8 Å². The number of nitrogens with zero attached hydrogens (tertiary/aromatic N) is 4. The first-order valence-electron chi connectivity index (χ1n) is 13.1. The second-order valence-corrected chi connectivity index (χ2v) is 11.9. The Hall–Kier alpha value is -3.87. The molecule has 3 aromatic rings. The lowest BCUT2D eigenvalue weighted by atomic mass is 10.2. The van der Waals surface area contributed by atoms with E-state index in [0.29, 0.717) is 26.2 Å². The van der Waals surface area contributed by atoms with Gasteiger partial charge in [0.25, 0.3) is 11.8 Å². The minimum Gasteiger partial charge on any atom is -0.459 e. The Kier molecular flexibility index (Phi) is 8.62. The van der Waals surface area contributed by atoms with Crippen LogP contribution in [-0.2, 0) is 19.6 Å². The van der Waals surface area contributed by atoms with Crippen LogP contribution in [0.15, 0.2) is 76.2 Å². The molecule has 0 bridgehead atoms. The Morgan fingerprint density at radius 3 is 2.17 bits per heavy atom. The third-order valence-electron chi connectivity index (χ3n) is 7.13. The zero-order chi connectivity index (χ0) is 29.0. The van der Waals surface area contributed by atoms with Crippen LogP contribution in [0.4, 0.5) is 5.69 Å². The van der Waals surface area contributed by atoms with Gasteiger partial charge in [0, 0.05) is 58.0 Å². The van der Waals surface area contributed by atoms with Crippen LogP contribution in [0, 0.1) is 0 Å². The van der Waals surface area contributed by atoms with Crippen LogP contribution in [0.1, 0.15) is 20.9 Å². The van der Waals surface area contributed by atoms with Crippen molar-refractivity contribution in [2.75, 3.05) is 63.9 Å². The summed E-state index contributed by atoms with van der Waals surface area (Å²) in [6, 6.07) is 16.9. The number of hydrogen-bond donors (Lipinski definition) is 0. The molecule has 13 heteroatoms.